The molecular formula is C18H37N6O+. The van der Waals surface area contributed by atoms with Gasteiger partial charge >= 0.3 is 0 Å². The van der Waals surface area contributed by atoms with E-state index in [1.54, 1.807) is 0 Å². The molecule has 0 radical (unpaired) electrons. The van der Waals surface area contributed by atoms with Crippen molar-refractivity contribution in [2.24, 2.45) is 10.7 Å². The van der Waals surface area contributed by atoms with Crippen LogP contribution in [0.25, 0.3) is 0 Å². The van der Waals surface area contributed by atoms with Crippen molar-refractivity contribution in [1.29, 1.82) is 5.41 Å². The first-order valence-corrected chi connectivity index (χ1v) is 9.77. The average Bonchev–Trinajstić information content (AvgIpc) is 3.08. The van der Waals surface area contributed by atoms with Crippen LogP contribution in [0.1, 0.15) is 39.0 Å². The minimum absolute atomic E-state index is 0.269. The summed E-state index contributed by atoms with van der Waals surface area (Å²) in [4.78, 5) is 8.41. The number of hydrogen-bond acceptors (Lipinski definition) is 2. The number of aliphatic imine (C=N–C) groups is 1. The number of hydrogen-bond donors (Lipinski definition) is 2. The molecule has 0 bridgehead atoms. The Morgan fingerprint density at radius 1 is 1.36 bits per heavy atom. The zero-order chi connectivity index (χ0) is 18.3. The van der Waals surface area contributed by atoms with Crippen LogP contribution >= 0.6 is 0 Å². The molecule has 2 fully saturated rings. The van der Waals surface area contributed by atoms with E-state index in [-0.39, 0.29) is 5.96 Å². The number of guanidine groups is 2. The number of nitrogens with one attached hydrogen (secondary N) is 1. The standard InChI is InChI=1S/C18H37N6O/c1-4-16-8-7-10-23(16)18(20)21-17(19)22(2)9-5-6-11-24(3)12-14-25-15-13-24/h16H,4-15H2,1-3H3,(H3,19,20,21)/q+1. The first kappa shape index (κ1) is 20.0. The van der Waals surface area contributed by atoms with Gasteiger partial charge in [-0.25, -0.2) is 0 Å². The summed E-state index contributed by atoms with van der Waals surface area (Å²) in [6.07, 6.45) is 5.67. The molecule has 0 spiro atoms. The van der Waals surface area contributed by atoms with Crippen LogP contribution in [-0.2, 0) is 4.74 Å². The van der Waals surface area contributed by atoms with Crippen molar-refractivity contribution < 1.29 is 9.22 Å². The third-order valence-electron chi connectivity index (χ3n) is 5.72. The maximum Gasteiger partial charge on any atom is 0.220 e. The number of unbranched alkanes of at least 4 members (excludes halogenated alkanes) is 1. The van der Waals surface area contributed by atoms with Crippen molar-refractivity contribution in [3.63, 3.8) is 0 Å². The van der Waals surface area contributed by atoms with Crippen LogP contribution in [0.4, 0.5) is 0 Å². The minimum atomic E-state index is 0.269. The number of ether oxygens (including phenoxy) is 1. The maximum absolute atomic E-state index is 8.19. The molecule has 7 nitrogen and oxygen atoms in total. The van der Waals surface area contributed by atoms with Crippen molar-refractivity contribution in [3.05, 3.63) is 0 Å². The van der Waals surface area contributed by atoms with E-state index in [1.807, 2.05) is 11.9 Å². The van der Waals surface area contributed by atoms with Gasteiger partial charge < -0.3 is 24.8 Å². The van der Waals surface area contributed by atoms with Crippen molar-refractivity contribution in [1.82, 2.24) is 9.80 Å². The molecule has 3 N–H and O–H groups in total. The Kier molecular flexibility index (Phi) is 7.50. The van der Waals surface area contributed by atoms with Gasteiger partial charge in [0.05, 0.1) is 26.8 Å². The van der Waals surface area contributed by atoms with Gasteiger partial charge in [-0.3, -0.25) is 5.41 Å². The first-order chi connectivity index (χ1) is 11.9. The molecule has 0 saturated carbocycles. The quantitative estimate of drug-likeness (QED) is 0.327. The Bertz CT molecular complexity index is 460. The summed E-state index contributed by atoms with van der Waals surface area (Å²) in [5.41, 5.74) is 6.15. The van der Waals surface area contributed by atoms with Crippen molar-refractivity contribution >= 4 is 11.9 Å². The molecule has 2 saturated heterocycles. The first-order valence-electron chi connectivity index (χ1n) is 9.77. The van der Waals surface area contributed by atoms with E-state index in [0.29, 0.717) is 12.0 Å². The third kappa shape index (κ3) is 5.85. The summed E-state index contributed by atoms with van der Waals surface area (Å²) in [5.74, 6) is 0.776. The van der Waals surface area contributed by atoms with Crippen LogP contribution in [-0.4, -0.2) is 92.3 Å². The molecule has 2 heterocycles. The lowest BCUT2D eigenvalue weighted by Gasteiger charge is -2.37. The highest BCUT2D eigenvalue weighted by Crippen LogP contribution is 2.19. The Morgan fingerprint density at radius 2 is 2.08 bits per heavy atom. The Balaban J connectivity index is 1.71. The van der Waals surface area contributed by atoms with Gasteiger partial charge in [0.15, 0.2) is 5.96 Å². The molecule has 0 aromatic carbocycles. The smallest absolute Gasteiger partial charge is 0.220 e. The van der Waals surface area contributed by atoms with Gasteiger partial charge in [-0.2, -0.15) is 4.99 Å². The monoisotopic (exact) mass is 353 g/mol. The SMILES string of the molecule is CCC1CCCN1C(N)=NC(=N)N(C)CCCC[N+]1(C)CCOCC1. The van der Waals surface area contributed by atoms with E-state index in [0.717, 1.165) is 63.1 Å². The van der Waals surface area contributed by atoms with E-state index in [2.05, 4.69) is 23.9 Å². The molecule has 7 heteroatoms. The highest BCUT2D eigenvalue weighted by Gasteiger charge is 2.25. The predicted octanol–water partition coefficient (Wildman–Crippen LogP) is 1.30. The summed E-state index contributed by atoms with van der Waals surface area (Å²) in [6.45, 7) is 9.16. The van der Waals surface area contributed by atoms with E-state index < -0.39 is 0 Å². The lowest BCUT2D eigenvalue weighted by atomic mass is 10.2. The number of quaternary nitrogens is 1. The molecule has 1 unspecified atom stereocenters. The second-order valence-corrected chi connectivity index (χ2v) is 7.72. The summed E-state index contributed by atoms with van der Waals surface area (Å²) in [6, 6.07) is 0.486. The number of rotatable bonds is 6. The van der Waals surface area contributed by atoms with Crippen LogP contribution in [0.3, 0.4) is 0 Å². The topological polar surface area (TPSA) is 77.9 Å². The largest absolute Gasteiger partial charge is 0.370 e. The minimum Gasteiger partial charge on any atom is -0.370 e. The summed E-state index contributed by atoms with van der Waals surface area (Å²) >= 11 is 0. The number of likely N-dealkylation sites (tertiary alicyclic amines) is 1. The second kappa shape index (κ2) is 9.38. The highest BCUT2D eigenvalue weighted by atomic mass is 16.5. The number of nitrogens with two attached hydrogens (primary N) is 1. The van der Waals surface area contributed by atoms with Crippen LogP contribution in [0.15, 0.2) is 4.99 Å². The van der Waals surface area contributed by atoms with Crippen LogP contribution < -0.4 is 5.73 Å². The lowest BCUT2D eigenvalue weighted by Crippen LogP contribution is -2.52. The molecule has 1 atom stereocenters. The normalized spacial score (nSPS) is 23.7. The van der Waals surface area contributed by atoms with E-state index >= 15 is 0 Å². The zero-order valence-corrected chi connectivity index (χ0v) is 16.3. The lowest BCUT2D eigenvalue weighted by molar-refractivity contribution is -0.917. The van der Waals surface area contributed by atoms with E-state index in [9.17, 15) is 0 Å². The van der Waals surface area contributed by atoms with Crippen LogP contribution in [0.2, 0.25) is 0 Å². The Hall–Kier alpha value is -1.34. The van der Waals surface area contributed by atoms with Crippen molar-refractivity contribution in [3.8, 4) is 0 Å². The van der Waals surface area contributed by atoms with Gasteiger partial charge in [0.25, 0.3) is 0 Å². The zero-order valence-electron chi connectivity index (χ0n) is 16.3. The summed E-state index contributed by atoms with van der Waals surface area (Å²) < 4.78 is 6.56. The van der Waals surface area contributed by atoms with Crippen LogP contribution in [0, 0.1) is 5.41 Å². The predicted molar refractivity (Wildman–Crippen MR) is 103 cm³/mol. The van der Waals surface area contributed by atoms with Gasteiger partial charge in [-0.05, 0) is 32.1 Å². The average molecular weight is 354 g/mol. The van der Waals surface area contributed by atoms with Gasteiger partial charge in [0.1, 0.15) is 13.1 Å². The van der Waals surface area contributed by atoms with Crippen molar-refractivity contribution in [2.75, 3.05) is 60.0 Å². The molecule has 0 amide bonds. The fourth-order valence-corrected chi connectivity index (χ4v) is 3.78. The summed E-state index contributed by atoms with van der Waals surface area (Å²) in [5, 5.41) is 8.19. The fourth-order valence-electron chi connectivity index (χ4n) is 3.78. The maximum atomic E-state index is 8.19. The highest BCUT2D eigenvalue weighted by molar-refractivity contribution is 5.92. The molecule has 2 aliphatic heterocycles. The second-order valence-electron chi connectivity index (χ2n) is 7.72. The van der Waals surface area contributed by atoms with Crippen molar-refractivity contribution in [2.45, 2.75) is 45.1 Å². The number of morpholine rings is 1. The third-order valence-corrected chi connectivity index (χ3v) is 5.72. The molecule has 0 aromatic rings. The number of nitrogens with zero attached hydrogens (tertiary/aromatic N) is 4. The van der Waals surface area contributed by atoms with Gasteiger partial charge in [0.2, 0.25) is 5.96 Å². The molecule has 0 aliphatic carbocycles. The Morgan fingerprint density at radius 3 is 2.76 bits per heavy atom. The Labute approximate surface area is 152 Å². The van der Waals surface area contributed by atoms with Crippen LogP contribution in [0.5, 0.6) is 0 Å². The van der Waals surface area contributed by atoms with Gasteiger partial charge in [0, 0.05) is 26.2 Å². The molecule has 0 aromatic heterocycles. The molecule has 2 aliphatic rings. The van der Waals surface area contributed by atoms with E-state index in [4.69, 9.17) is 15.9 Å². The summed E-state index contributed by atoms with van der Waals surface area (Å²) in [7, 11) is 4.25. The number of likely N-dealkylation sites (N-methyl/N-ethyl adjacent to an activating group) is 1. The van der Waals surface area contributed by atoms with E-state index in [1.165, 1.54) is 19.4 Å². The molecule has 144 valence electrons. The molecular weight excluding hydrogens is 316 g/mol. The molecule has 25 heavy (non-hydrogen) atoms. The molecule has 2 rings (SSSR count). The fraction of sp³-hybridized carbons (Fsp3) is 0.889. The van der Waals surface area contributed by atoms with Gasteiger partial charge in [-0.15, -0.1) is 0 Å². The van der Waals surface area contributed by atoms with Gasteiger partial charge in [-0.1, -0.05) is 6.92 Å².